The maximum absolute atomic E-state index is 13.0. The Morgan fingerprint density at radius 2 is 1.00 bits per heavy atom. The number of aliphatic hydroxyl groups excluding tert-OH is 6. The van der Waals surface area contributed by atoms with E-state index in [1.165, 1.54) is 148 Å². The van der Waals surface area contributed by atoms with Crippen LogP contribution < -0.4 is 5.32 Å². The Hall–Kier alpha value is -1.37. The molecular weight excluding hydrogens is 735 g/mol. The summed E-state index contributed by atoms with van der Waals surface area (Å²) in [5.41, 5.74) is 0. The van der Waals surface area contributed by atoms with Crippen molar-refractivity contribution in [2.75, 3.05) is 13.2 Å². The van der Waals surface area contributed by atoms with Crippen molar-refractivity contribution < 1.29 is 44.9 Å². The van der Waals surface area contributed by atoms with Crippen LogP contribution in [0.15, 0.2) is 24.3 Å². The minimum absolute atomic E-state index is 0.305. The number of nitrogens with one attached hydrogen (secondary N) is 1. The number of allylic oxidation sites excluding steroid dienone is 3. The molecule has 1 unspecified atom stereocenters. The van der Waals surface area contributed by atoms with Crippen LogP contribution in [0.3, 0.4) is 0 Å². The highest BCUT2D eigenvalue weighted by atomic mass is 16.7. The minimum atomic E-state index is -1.61. The van der Waals surface area contributed by atoms with Gasteiger partial charge < -0.3 is 45.4 Å². The molecule has 342 valence electrons. The van der Waals surface area contributed by atoms with Gasteiger partial charge in [-0.2, -0.15) is 0 Å². The molecule has 0 aliphatic carbocycles. The fraction of sp³-hybridized carbons (Fsp3) is 0.896. The van der Waals surface area contributed by atoms with E-state index in [1.54, 1.807) is 6.08 Å². The number of amides is 1. The van der Waals surface area contributed by atoms with Crippen molar-refractivity contribution in [1.82, 2.24) is 5.32 Å². The van der Waals surface area contributed by atoms with Crippen molar-refractivity contribution >= 4 is 5.91 Å². The number of carbonyl (C=O) groups excluding carboxylic acids is 1. The first-order valence-corrected chi connectivity index (χ1v) is 24.2. The van der Waals surface area contributed by atoms with Gasteiger partial charge in [-0.15, -0.1) is 0 Å². The molecule has 1 aliphatic rings. The first-order chi connectivity index (χ1) is 28.3. The molecule has 0 saturated carbocycles. The highest BCUT2D eigenvalue weighted by Gasteiger charge is 2.44. The van der Waals surface area contributed by atoms with Crippen LogP contribution in [0.1, 0.15) is 213 Å². The van der Waals surface area contributed by atoms with Crippen LogP contribution >= 0.6 is 0 Å². The normalized spacial score (nSPS) is 21.6. The molecule has 8 atom stereocenters. The zero-order chi connectivity index (χ0) is 42.5. The smallest absolute Gasteiger partial charge is 0.249 e. The summed E-state index contributed by atoms with van der Waals surface area (Å²) < 4.78 is 11.1. The summed E-state index contributed by atoms with van der Waals surface area (Å²) in [6.07, 6.45) is 35.5. The maximum atomic E-state index is 13.0. The molecule has 7 N–H and O–H groups in total. The molecular formula is C48H91NO9. The van der Waals surface area contributed by atoms with Crippen LogP contribution in [0.4, 0.5) is 0 Å². The van der Waals surface area contributed by atoms with E-state index in [2.05, 4.69) is 31.3 Å². The fourth-order valence-corrected chi connectivity index (χ4v) is 7.63. The molecule has 1 fully saturated rings. The lowest BCUT2D eigenvalue weighted by Crippen LogP contribution is -2.60. The van der Waals surface area contributed by atoms with Crippen molar-refractivity contribution in [2.24, 2.45) is 0 Å². The number of carbonyl (C=O) groups is 1. The second-order valence-electron chi connectivity index (χ2n) is 17.0. The van der Waals surface area contributed by atoms with E-state index >= 15 is 0 Å². The van der Waals surface area contributed by atoms with Gasteiger partial charge in [-0.05, 0) is 44.9 Å². The Morgan fingerprint density at radius 3 is 1.45 bits per heavy atom. The molecule has 0 spiro atoms. The zero-order valence-corrected chi connectivity index (χ0v) is 37.2. The summed E-state index contributed by atoms with van der Waals surface area (Å²) in [5.74, 6) is -0.618. The first-order valence-electron chi connectivity index (χ1n) is 24.2. The number of unbranched alkanes of at least 4 members (excludes halogenated alkanes) is 27. The molecule has 1 aliphatic heterocycles. The van der Waals surface area contributed by atoms with Crippen LogP contribution in [0.25, 0.3) is 0 Å². The van der Waals surface area contributed by atoms with E-state index in [4.69, 9.17) is 9.47 Å². The van der Waals surface area contributed by atoms with E-state index in [1.807, 2.05) is 6.08 Å². The number of rotatable bonds is 40. The number of hydrogen-bond acceptors (Lipinski definition) is 9. The Balaban J connectivity index is 2.36. The van der Waals surface area contributed by atoms with E-state index in [-0.39, 0.29) is 6.61 Å². The number of aliphatic hydroxyl groups is 6. The third-order valence-corrected chi connectivity index (χ3v) is 11.6. The molecule has 58 heavy (non-hydrogen) atoms. The molecule has 0 radical (unpaired) electrons. The number of ether oxygens (including phenoxy) is 2. The van der Waals surface area contributed by atoms with Crippen LogP contribution in [-0.4, -0.2) is 98.7 Å². The highest BCUT2D eigenvalue weighted by Crippen LogP contribution is 2.23. The lowest BCUT2D eigenvalue weighted by atomic mass is 9.99. The van der Waals surface area contributed by atoms with E-state index in [0.717, 1.165) is 38.5 Å². The summed E-state index contributed by atoms with van der Waals surface area (Å²) in [6, 6.07) is -0.978. The maximum Gasteiger partial charge on any atom is 0.249 e. The van der Waals surface area contributed by atoms with Crippen LogP contribution in [0.2, 0.25) is 0 Å². The quantitative estimate of drug-likeness (QED) is 0.0235. The average Bonchev–Trinajstić information content (AvgIpc) is 3.22. The average molecular weight is 826 g/mol. The van der Waals surface area contributed by atoms with Crippen LogP contribution in [0.5, 0.6) is 0 Å². The highest BCUT2D eigenvalue weighted by molar-refractivity contribution is 5.80. The first kappa shape index (κ1) is 54.6. The third kappa shape index (κ3) is 28.2. The molecule has 1 amide bonds. The molecule has 0 aromatic heterocycles. The predicted octanol–water partition coefficient (Wildman–Crippen LogP) is 9.25. The van der Waals surface area contributed by atoms with Gasteiger partial charge >= 0.3 is 0 Å². The Kier molecular flexibility index (Phi) is 36.3. The second-order valence-corrected chi connectivity index (χ2v) is 17.0. The molecule has 10 heteroatoms. The Bertz CT molecular complexity index is 979. The van der Waals surface area contributed by atoms with Crippen molar-refractivity contribution in [3.05, 3.63) is 24.3 Å². The van der Waals surface area contributed by atoms with E-state index in [0.29, 0.717) is 12.8 Å². The Morgan fingerprint density at radius 1 is 0.586 bits per heavy atom. The van der Waals surface area contributed by atoms with Gasteiger partial charge in [-0.3, -0.25) is 4.79 Å². The summed E-state index contributed by atoms with van der Waals surface area (Å²) in [7, 11) is 0. The van der Waals surface area contributed by atoms with Gasteiger partial charge in [0.2, 0.25) is 5.91 Å². The van der Waals surface area contributed by atoms with E-state index in [9.17, 15) is 35.4 Å². The van der Waals surface area contributed by atoms with E-state index < -0.39 is 61.5 Å². The molecule has 1 saturated heterocycles. The summed E-state index contributed by atoms with van der Waals surface area (Å²) >= 11 is 0. The summed E-state index contributed by atoms with van der Waals surface area (Å²) in [6.45, 7) is 3.60. The standard InChI is InChI=1S/C48H91NO9/c1-3-5-7-9-11-13-15-17-18-19-20-21-22-23-25-27-29-31-33-35-37-42(52)47(56)49-40(39-57-48-46(55)45(54)44(53)43(38-50)58-48)41(51)36-34-32-30-28-26-24-16-14-12-10-8-6-4-2/h19-20,34,36,40-46,48,50-55H,3-18,21-33,35,37-39H2,1-2H3,(H,49,56)/b20-19-,36-34+/t40-,41+,42?,43-,44+,45+,46-,48-/m0/s1. The van der Waals surface area contributed by atoms with Crippen LogP contribution in [0, 0.1) is 0 Å². The third-order valence-electron chi connectivity index (χ3n) is 11.6. The fourth-order valence-electron chi connectivity index (χ4n) is 7.63. The van der Waals surface area contributed by atoms with Gasteiger partial charge in [0.05, 0.1) is 25.4 Å². The van der Waals surface area contributed by atoms with Gasteiger partial charge in [-0.25, -0.2) is 0 Å². The molecule has 0 aromatic rings. The van der Waals surface area contributed by atoms with Gasteiger partial charge in [0.25, 0.3) is 0 Å². The molecule has 0 aromatic carbocycles. The lowest BCUT2D eigenvalue weighted by molar-refractivity contribution is -0.302. The predicted molar refractivity (Wildman–Crippen MR) is 236 cm³/mol. The van der Waals surface area contributed by atoms with Gasteiger partial charge in [-0.1, -0.05) is 192 Å². The van der Waals surface area contributed by atoms with Crippen molar-refractivity contribution in [3.8, 4) is 0 Å². The summed E-state index contributed by atoms with van der Waals surface area (Å²) in [5, 5.41) is 64.7. The zero-order valence-electron chi connectivity index (χ0n) is 37.2. The van der Waals surface area contributed by atoms with Crippen molar-refractivity contribution in [3.63, 3.8) is 0 Å². The summed E-state index contributed by atoms with van der Waals surface area (Å²) in [4.78, 5) is 13.0. The minimum Gasteiger partial charge on any atom is -0.394 e. The second kappa shape index (κ2) is 38.5. The van der Waals surface area contributed by atoms with Gasteiger partial charge in [0.15, 0.2) is 6.29 Å². The van der Waals surface area contributed by atoms with Gasteiger partial charge in [0, 0.05) is 0 Å². The molecule has 1 rings (SSSR count). The van der Waals surface area contributed by atoms with Crippen molar-refractivity contribution in [2.45, 2.75) is 262 Å². The van der Waals surface area contributed by atoms with Gasteiger partial charge in [0.1, 0.15) is 30.5 Å². The Labute approximate surface area is 354 Å². The largest absolute Gasteiger partial charge is 0.394 e. The van der Waals surface area contributed by atoms with Crippen molar-refractivity contribution in [1.29, 1.82) is 0 Å². The van der Waals surface area contributed by atoms with Crippen LogP contribution in [-0.2, 0) is 14.3 Å². The molecule has 1 heterocycles. The lowest BCUT2D eigenvalue weighted by Gasteiger charge is -2.40. The SMILES string of the molecule is CCCCCCCCCC/C=C\CCCCCCCCCCC(O)C(=O)N[C@@H](CO[C@H]1O[C@@H](CO)[C@@H](O)[C@@H](O)[C@@H]1O)[C@H](O)/C=C/CCCCCCCCCCCCC. The monoisotopic (exact) mass is 826 g/mol. The molecule has 10 nitrogen and oxygen atoms in total. The molecule has 0 bridgehead atoms. The topological polar surface area (TPSA) is 169 Å². The number of hydrogen-bond donors (Lipinski definition) is 7.